The highest BCUT2D eigenvalue weighted by Crippen LogP contribution is 2.24. The molecule has 9 heteroatoms. The lowest BCUT2D eigenvalue weighted by molar-refractivity contribution is 0.0359. The van der Waals surface area contributed by atoms with Crippen LogP contribution in [0, 0.1) is 0 Å². The first-order valence-corrected chi connectivity index (χ1v) is 11.7. The normalized spacial score (nSPS) is 14.6. The van der Waals surface area contributed by atoms with Crippen LogP contribution >= 0.6 is 23.4 Å². The third kappa shape index (κ3) is 5.32. The highest BCUT2D eigenvalue weighted by molar-refractivity contribution is 7.98. The van der Waals surface area contributed by atoms with Crippen molar-refractivity contribution in [3.05, 3.63) is 69.0 Å². The van der Waals surface area contributed by atoms with Crippen LogP contribution in [0.15, 0.2) is 52.4 Å². The Morgan fingerprint density at radius 2 is 2.00 bits per heavy atom. The van der Waals surface area contributed by atoms with Gasteiger partial charge in [0.05, 0.1) is 36.8 Å². The number of thioether (sulfide) groups is 1. The van der Waals surface area contributed by atoms with E-state index in [4.69, 9.17) is 26.1 Å². The molecule has 1 saturated heterocycles. The molecule has 0 unspecified atom stereocenters. The summed E-state index contributed by atoms with van der Waals surface area (Å²) in [6.07, 6.45) is 0. The summed E-state index contributed by atoms with van der Waals surface area (Å²) in [6.45, 7) is 4.38. The van der Waals surface area contributed by atoms with E-state index in [1.54, 1.807) is 22.8 Å². The monoisotopic (exact) mass is 473 g/mol. The van der Waals surface area contributed by atoms with Crippen molar-refractivity contribution in [1.82, 2.24) is 14.5 Å². The molecule has 168 valence electrons. The number of carbonyl (C=O) groups is 1. The van der Waals surface area contributed by atoms with Crippen LogP contribution in [0.1, 0.15) is 15.9 Å². The number of halogens is 1. The average Bonchev–Trinajstić information content (AvgIpc) is 2.82. The van der Waals surface area contributed by atoms with Crippen LogP contribution in [0.4, 0.5) is 0 Å². The molecule has 4 rings (SSSR count). The zero-order valence-corrected chi connectivity index (χ0v) is 19.3. The molecule has 0 atom stereocenters. The van der Waals surface area contributed by atoms with Crippen molar-refractivity contribution in [3.8, 4) is 0 Å². The minimum Gasteiger partial charge on any atom is -0.465 e. The lowest BCUT2D eigenvalue weighted by Crippen LogP contribution is -2.39. The third-order valence-electron chi connectivity index (χ3n) is 5.34. The molecule has 32 heavy (non-hydrogen) atoms. The third-order valence-corrected chi connectivity index (χ3v) is 6.62. The maximum Gasteiger partial charge on any atom is 0.337 e. The summed E-state index contributed by atoms with van der Waals surface area (Å²) in [5, 5.41) is 1.76. The number of aromatic nitrogens is 2. The number of nitrogens with zero attached hydrogens (tertiary/aromatic N) is 3. The first-order chi connectivity index (χ1) is 15.5. The van der Waals surface area contributed by atoms with Crippen LogP contribution in [0.25, 0.3) is 10.9 Å². The number of esters is 1. The van der Waals surface area contributed by atoms with E-state index < -0.39 is 5.97 Å². The molecule has 0 spiro atoms. The number of ether oxygens (including phenoxy) is 2. The molecule has 2 aromatic carbocycles. The van der Waals surface area contributed by atoms with E-state index in [2.05, 4.69) is 4.90 Å². The Morgan fingerprint density at radius 1 is 1.19 bits per heavy atom. The van der Waals surface area contributed by atoms with E-state index in [1.165, 1.54) is 18.9 Å². The van der Waals surface area contributed by atoms with Gasteiger partial charge in [-0.05, 0) is 35.9 Å². The molecule has 1 fully saturated rings. The molecule has 1 aliphatic rings. The van der Waals surface area contributed by atoms with Crippen molar-refractivity contribution >= 4 is 40.2 Å². The maximum absolute atomic E-state index is 13.4. The van der Waals surface area contributed by atoms with Crippen molar-refractivity contribution in [2.45, 2.75) is 17.5 Å². The number of methoxy groups -OCH3 is 1. The van der Waals surface area contributed by atoms with E-state index in [0.29, 0.717) is 52.2 Å². The second-order valence-electron chi connectivity index (χ2n) is 7.45. The fraction of sp³-hybridized carbons (Fsp3) is 0.348. The van der Waals surface area contributed by atoms with E-state index in [0.717, 1.165) is 25.2 Å². The van der Waals surface area contributed by atoms with E-state index in [9.17, 15) is 9.59 Å². The van der Waals surface area contributed by atoms with Gasteiger partial charge in [0.2, 0.25) is 0 Å². The highest BCUT2D eigenvalue weighted by atomic mass is 35.5. The van der Waals surface area contributed by atoms with Gasteiger partial charge in [0, 0.05) is 37.0 Å². The van der Waals surface area contributed by atoms with E-state index in [-0.39, 0.29) is 5.56 Å². The Morgan fingerprint density at radius 3 is 2.75 bits per heavy atom. The summed E-state index contributed by atoms with van der Waals surface area (Å²) in [5.41, 5.74) is 1.77. The molecule has 7 nitrogen and oxygen atoms in total. The smallest absolute Gasteiger partial charge is 0.337 e. The van der Waals surface area contributed by atoms with Gasteiger partial charge in [-0.25, -0.2) is 9.78 Å². The van der Waals surface area contributed by atoms with E-state index >= 15 is 0 Å². The molecule has 1 aliphatic heterocycles. The van der Waals surface area contributed by atoms with Crippen molar-refractivity contribution in [1.29, 1.82) is 0 Å². The molecular weight excluding hydrogens is 450 g/mol. The molecule has 1 aromatic heterocycles. The summed E-state index contributed by atoms with van der Waals surface area (Å²) >= 11 is 7.60. The number of fused-ring (bicyclic) bond motifs is 1. The Bertz CT molecular complexity index is 1180. The van der Waals surface area contributed by atoms with Gasteiger partial charge in [0.25, 0.3) is 5.56 Å². The second kappa shape index (κ2) is 10.5. The Kier molecular flexibility index (Phi) is 7.47. The van der Waals surface area contributed by atoms with Gasteiger partial charge in [0.1, 0.15) is 0 Å². The first-order valence-electron chi connectivity index (χ1n) is 10.4. The van der Waals surface area contributed by atoms with Gasteiger partial charge in [-0.1, -0.05) is 35.5 Å². The Hall–Kier alpha value is -2.39. The number of hydrogen-bond acceptors (Lipinski definition) is 7. The number of morpholine rings is 1. The molecule has 0 saturated carbocycles. The highest BCUT2D eigenvalue weighted by Gasteiger charge is 2.16. The fourth-order valence-electron chi connectivity index (χ4n) is 3.59. The lowest BCUT2D eigenvalue weighted by atomic mass is 10.1. The van der Waals surface area contributed by atoms with Crippen molar-refractivity contribution < 1.29 is 14.3 Å². The summed E-state index contributed by atoms with van der Waals surface area (Å²) in [4.78, 5) is 32.4. The number of rotatable bonds is 7. The summed E-state index contributed by atoms with van der Waals surface area (Å²) in [7, 11) is 1.33. The van der Waals surface area contributed by atoms with Gasteiger partial charge in [-0.3, -0.25) is 14.3 Å². The minimum atomic E-state index is -0.460. The van der Waals surface area contributed by atoms with E-state index in [1.807, 2.05) is 24.3 Å². The van der Waals surface area contributed by atoms with Crippen LogP contribution < -0.4 is 5.56 Å². The molecule has 0 aliphatic carbocycles. The van der Waals surface area contributed by atoms with Crippen LogP contribution in [0.3, 0.4) is 0 Å². The zero-order valence-electron chi connectivity index (χ0n) is 17.8. The quantitative estimate of drug-likeness (QED) is 0.295. The molecular formula is C23H24ClN3O4S. The van der Waals surface area contributed by atoms with Crippen LogP contribution in [-0.4, -0.2) is 60.4 Å². The van der Waals surface area contributed by atoms with Crippen LogP contribution in [-0.2, 0) is 21.8 Å². The minimum absolute atomic E-state index is 0.117. The van der Waals surface area contributed by atoms with Gasteiger partial charge in [0.15, 0.2) is 5.16 Å². The summed E-state index contributed by atoms with van der Waals surface area (Å²) in [5.74, 6) is 0.158. The number of carbonyl (C=O) groups excluding carboxylic acids is 1. The summed E-state index contributed by atoms with van der Waals surface area (Å²) in [6, 6.07) is 12.5. The zero-order chi connectivity index (χ0) is 22.5. The summed E-state index contributed by atoms with van der Waals surface area (Å²) < 4.78 is 12.0. The van der Waals surface area contributed by atoms with Gasteiger partial charge < -0.3 is 9.47 Å². The number of benzene rings is 2. The standard InChI is InChI=1S/C23H24ClN3O4S/c1-30-22(29)17-5-6-19-20(14-17)25-23(32-15-16-3-2-4-18(24)13-16)27(21(19)28)8-7-26-9-11-31-12-10-26/h2-6,13-14H,7-12,15H2,1H3. The maximum atomic E-state index is 13.4. The fourth-order valence-corrected chi connectivity index (χ4v) is 4.77. The van der Waals surface area contributed by atoms with Crippen molar-refractivity contribution in [3.63, 3.8) is 0 Å². The molecule has 0 radical (unpaired) electrons. The topological polar surface area (TPSA) is 73.7 Å². The van der Waals surface area contributed by atoms with Gasteiger partial charge in [-0.2, -0.15) is 0 Å². The van der Waals surface area contributed by atoms with Crippen LogP contribution in [0.5, 0.6) is 0 Å². The van der Waals surface area contributed by atoms with Crippen LogP contribution in [0.2, 0.25) is 5.02 Å². The largest absolute Gasteiger partial charge is 0.465 e. The average molecular weight is 474 g/mol. The lowest BCUT2D eigenvalue weighted by Gasteiger charge is -2.27. The first kappa shape index (κ1) is 22.8. The Balaban J connectivity index is 1.68. The molecule has 0 bridgehead atoms. The van der Waals surface area contributed by atoms with Gasteiger partial charge in [-0.15, -0.1) is 0 Å². The number of hydrogen-bond donors (Lipinski definition) is 0. The van der Waals surface area contributed by atoms with Crippen molar-refractivity contribution in [2.75, 3.05) is 40.0 Å². The Labute approximate surface area is 195 Å². The molecule has 3 aromatic rings. The molecule has 2 heterocycles. The van der Waals surface area contributed by atoms with Gasteiger partial charge >= 0.3 is 5.97 Å². The predicted molar refractivity (Wildman–Crippen MR) is 126 cm³/mol. The predicted octanol–water partition coefficient (Wildman–Crippen LogP) is 3.46. The SMILES string of the molecule is COC(=O)c1ccc2c(=O)n(CCN3CCOCC3)c(SCc3cccc(Cl)c3)nc2c1. The second-order valence-corrected chi connectivity index (χ2v) is 8.83. The molecule has 0 N–H and O–H groups in total. The van der Waals surface area contributed by atoms with Crippen molar-refractivity contribution in [2.24, 2.45) is 0 Å². The molecule has 0 amide bonds.